The predicted octanol–water partition coefficient (Wildman–Crippen LogP) is 1.74. The van der Waals surface area contributed by atoms with E-state index in [2.05, 4.69) is 27.3 Å². The van der Waals surface area contributed by atoms with Gasteiger partial charge in [0, 0.05) is 23.0 Å². The molecule has 1 aliphatic heterocycles. The highest BCUT2D eigenvalue weighted by atomic mass is 79.9. The maximum absolute atomic E-state index is 11.6. The number of hydrogen-bond donors (Lipinski definition) is 2. The molecule has 98 valence electrons. The summed E-state index contributed by atoms with van der Waals surface area (Å²) in [6.45, 7) is 3.06. The quantitative estimate of drug-likeness (QED) is 0.890. The molecule has 2 rings (SSSR count). The molecule has 1 amide bonds. The standard InChI is InChI=1S/C13H17BrN2O2/c1-2-11(15)13(17)16-7-9-6-10(14)5-8-3-4-18-12(8)9/h5-6,11H,2-4,7,15H2,1H3,(H,16,17). The number of amides is 1. The molecule has 1 aromatic carbocycles. The molecular weight excluding hydrogens is 296 g/mol. The van der Waals surface area contributed by atoms with Gasteiger partial charge >= 0.3 is 0 Å². The number of carbonyl (C=O) groups excluding carboxylic acids is 1. The third-order valence-corrected chi connectivity index (χ3v) is 3.51. The number of ether oxygens (including phenoxy) is 1. The minimum Gasteiger partial charge on any atom is -0.493 e. The lowest BCUT2D eigenvalue weighted by molar-refractivity contribution is -0.122. The van der Waals surface area contributed by atoms with E-state index in [0.717, 1.165) is 22.2 Å². The van der Waals surface area contributed by atoms with Crippen molar-refractivity contribution in [2.75, 3.05) is 6.61 Å². The van der Waals surface area contributed by atoms with Gasteiger partial charge in [-0.1, -0.05) is 22.9 Å². The summed E-state index contributed by atoms with van der Waals surface area (Å²) in [5, 5.41) is 2.84. The fraction of sp³-hybridized carbons (Fsp3) is 0.462. The van der Waals surface area contributed by atoms with Crippen LogP contribution in [-0.2, 0) is 17.8 Å². The van der Waals surface area contributed by atoms with Crippen molar-refractivity contribution in [2.45, 2.75) is 32.4 Å². The van der Waals surface area contributed by atoms with Crippen molar-refractivity contribution in [1.82, 2.24) is 5.32 Å². The number of carbonyl (C=O) groups is 1. The largest absolute Gasteiger partial charge is 0.493 e. The SMILES string of the molecule is CCC(N)C(=O)NCc1cc(Br)cc2c1OCC2. The number of nitrogens with one attached hydrogen (secondary N) is 1. The molecule has 0 radical (unpaired) electrons. The van der Waals surface area contributed by atoms with Gasteiger partial charge < -0.3 is 15.8 Å². The second-order valence-corrected chi connectivity index (χ2v) is 5.30. The lowest BCUT2D eigenvalue weighted by atomic mass is 10.1. The highest BCUT2D eigenvalue weighted by Crippen LogP contribution is 2.32. The Bertz CT molecular complexity index is 463. The Morgan fingerprint density at radius 2 is 2.39 bits per heavy atom. The molecule has 0 saturated heterocycles. The van der Waals surface area contributed by atoms with Gasteiger partial charge in [0.1, 0.15) is 5.75 Å². The van der Waals surface area contributed by atoms with Crippen LogP contribution >= 0.6 is 15.9 Å². The molecule has 5 heteroatoms. The molecule has 0 aliphatic carbocycles. The molecule has 1 aromatic rings. The normalized spacial score (nSPS) is 14.8. The number of benzene rings is 1. The first-order chi connectivity index (χ1) is 8.61. The van der Waals surface area contributed by atoms with Gasteiger partial charge in [-0.05, 0) is 24.1 Å². The molecule has 1 heterocycles. The Morgan fingerprint density at radius 1 is 1.61 bits per heavy atom. The molecular formula is C13H17BrN2O2. The molecule has 0 aromatic heterocycles. The zero-order chi connectivity index (χ0) is 13.1. The van der Waals surface area contributed by atoms with E-state index in [0.29, 0.717) is 19.6 Å². The number of hydrogen-bond acceptors (Lipinski definition) is 3. The van der Waals surface area contributed by atoms with E-state index in [9.17, 15) is 4.79 Å². The minimum absolute atomic E-state index is 0.121. The highest BCUT2D eigenvalue weighted by molar-refractivity contribution is 9.10. The molecule has 1 atom stereocenters. The number of nitrogens with two attached hydrogens (primary N) is 1. The van der Waals surface area contributed by atoms with Gasteiger partial charge in [0.25, 0.3) is 0 Å². The molecule has 4 nitrogen and oxygen atoms in total. The van der Waals surface area contributed by atoms with Crippen LogP contribution in [0.1, 0.15) is 24.5 Å². The van der Waals surface area contributed by atoms with Crippen molar-refractivity contribution in [1.29, 1.82) is 0 Å². The Kier molecular flexibility index (Phi) is 4.24. The molecule has 1 unspecified atom stereocenters. The Balaban J connectivity index is 2.08. The fourth-order valence-electron chi connectivity index (χ4n) is 1.98. The van der Waals surface area contributed by atoms with Crippen molar-refractivity contribution in [3.63, 3.8) is 0 Å². The third-order valence-electron chi connectivity index (χ3n) is 3.06. The van der Waals surface area contributed by atoms with Crippen molar-refractivity contribution in [3.8, 4) is 5.75 Å². The van der Waals surface area contributed by atoms with E-state index in [1.54, 1.807) is 0 Å². The first-order valence-electron chi connectivity index (χ1n) is 6.09. The van der Waals surface area contributed by atoms with E-state index in [4.69, 9.17) is 10.5 Å². The van der Waals surface area contributed by atoms with Gasteiger partial charge in [0.2, 0.25) is 5.91 Å². The zero-order valence-electron chi connectivity index (χ0n) is 10.3. The lowest BCUT2D eigenvalue weighted by Crippen LogP contribution is -2.39. The highest BCUT2D eigenvalue weighted by Gasteiger charge is 2.18. The summed E-state index contributed by atoms with van der Waals surface area (Å²) in [6.07, 6.45) is 1.56. The molecule has 0 fully saturated rings. The summed E-state index contributed by atoms with van der Waals surface area (Å²) in [6, 6.07) is 3.60. The van der Waals surface area contributed by atoms with Crippen LogP contribution in [0.4, 0.5) is 0 Å². The van der Waals surface area contributed by atoms with Crippen LogP contribution in [0.5, 0.6) is 5.75 Å². The van der Waals surface area contributed by atoms with Crippen molar-refractivity contribution < 1.29 is 9.53 Å². The van der Waals surface area contributed by atoms with Crippen LogP contribution in [0.3, 0.4) is 0 Å². The van der Waals surface area contributed by atoms with Gasteiger partial charge in [-0.2, -0.15) is 0 Å². The summed E-state index contributed by atoms with van der Waals surface area (Å²) < 4.78 is 6.61. The van der Waals surface area contributed by atoms with Crippen LogP contribution in [0, 0.1) is 0 Å². The maximum atomic E-state index is 11.6. The second-order valence-electron chi connectivity index (χ2n) is 4.38. The topological polar surface area (TPSA) is 64.4 Å². The average molecular weight is 313 g/mol. The average Bonchev–Trinajstić information content (AvgIpc) is 2.82. The van der Waals surface area contributed by atoms with E-state index >= 15 is 0 Å². The molecule has 1 aliphatic rings. The Morgan fingerprint density at radius 3 is 3.11 bits per heavy atom. The van der Waals surface area contributed by atoms with E-state index in [-0.39, 0.29) is 5.91 Å². The summed E-state index contributed by atoms with van der Waals surface area (Å²) in [4.78, 5) is 11.6. The van der Waals surface area contributed by atoms with Gasteiger partial charge in [0.15, 0.2) is 0 Å². The molecule has 0 bridgehead atoms. The molecule has 0 spiro atoms. The van der Waals surface area contributed by atoms with E-state index < -0.39 is 6.04 Å². The van der Waals surface area contributed by atoms with E-state index in [1.807, 2.05) is 13.0 Å². The van der Waals surface area contributed by atoms with Crippen molar-refractivity contribution >= 4 is 21.8 Å². The number of fused-ring (bicyclic) bond motifs is 1. The van der Waals surface area contributed by atoms with Crippen LogP contribution in [0.2, 0.25) is 0 Å². The predicted molar refractivity (Wildman–Crippen MR) is 73.5 cm³/mol. The van der Waals surface area contributed by atoms with Crippen molar-refractivity contribution in [2.24, 2.45) is 5.73 Å². The number of halogens is 1. The monoisotopic (exact) mass is 312 g/mol. The first kappa shape index (κ1) is 13.4. The fourth-order valence-corrected chi connectivity index (χ4v) is 2.53. The summed E-state index contributed by atoms with van der Waals surface area (Å²) >= 11 is 3.47. The van der Waals surface area contributed by atoms with Crippen molar-refractivity contribution in [3.05, 3.63) is 27.7 Å². The molecule has 18 heavy (non-hydrogen) atoms. The van der Waals surface area contributed by atoms with Crippen LogP contribution in [0.15, 0.2) is 16.6 Å². The van der Waals surface area contributed by atoms with Crippen LogP contribution in [-0.4, -0.2) is 18.6 Å². The second kappa shape index (κ2) is 5.71. The Hall–Kier alpha value is -1.07. The maximum Gasteiger partial charge on any atom is 0.237 e. The van der Waals surface area contributed by atoms with Gasteiger partial charge in [-0.15, -0.1) is 0 Å². The van der Waals surface area contributed by atoms with Gasteiger partial charge in [0.05, 0.1) is 12.6 Å². The minimum atomic E-state index is -0.439. The van der Waals surface area contributed by atoms with Gasteiger partial charge in [-0.25, -0.2) is 0 Å². The summed E-state index contributed by atoms with van der Waals surface area (Å²) in [5.41, 5.74) is 7.85. The Labute approximate surface area is 115 Å². The third kappa shape index (κ3) is 2.84. The zero-order valence-corrected chi connectivity index (χ0v) is 11.9. The summed E-state index contributed by atoms with van der Waals surface area (Å²) in [7, 11) is 0. The lowest BCUT2D eigenvalue weighted by Gasteiger charge is -2.12. The van der Waals surface area contributed by atoms with Crippen LogP contribution in [0.25, 0.3) is 0 Å². The smallest absolute Gasteiger partial charge is 0.237 e. The first-order valence-corrected chi connectivity index (χ1v) is 6.88. The van der Waals surface area contributed by atoms with E-state index in [1.165, 1.54) is 5.56 Å². The molecule has 0 saturated carbocycles. The molecule has 3 N–H and O–H groups in total. The summed E-state index contributed by atoms with van der Waals surface area (Å²) in [5.74, 6) is 0.785. The number of rotatable bonds is 4. The van der Waals surface area contributed by atoms with Crippen LogP contribution < -0.4 is 15.8 Å². The van der Waals surface area contributed by atoms with Gasteiger partial charge in [-0.3, -0.25) is 4.79 Å².